The van der Waals surface area contributed by atoms with Crippen LogP contribution < -0.4 is 5.32 Å². The number of amidine groups is 1. The average molecular weight is 456 g/mol. The monoisotopic (exact) mass is 455 g/mol. The number of carbonyl (C=O) groups excluding carboxylic acids is 2. The van der Waals surface area contributed by atoms with E-state index in [-0.39, 0.29) is 30.4 Å². The van der Waals surface area contributed by atoms with E-state index in [1.807, 2.05) is 44.9 Å². The summed E-state index contributed by atoms with van der Waals surface area (Å²) in [5, 5.41) is 5.78. The van der Waals surface area contributed by atoms with Crippen LogP contribution in [0.2, 0.25) is 0 Å². The number of esters is 1. The largest absolute Gasteiger partial charge is 0.459 e. The lowest BCUT2D eigenvalue weighted by molar-refractivity contribution is -0.143. The van der Waals surface area contributed by atoms with Gasteiger partial charge in [0.1, 0.15) is 0 Å². The van der Waals surface area contributed by atoms with Gasteiger partial charge in [-0.3, -0.25) is 4.79 Å². The van der Waals surface area contributed by atoms with Crippen LogP contribution in [0.15, 0.2) is 45.6 Å². The van der Waals surface area contributed by atoms with Gasteiger partial charge in [0, 0.05) is 11.7 Å². The Morgan fingerprint density at radius 3 is 2.56 bits per heavy atom. The van der Waals surface area contributed by atoms with Crippen molar-refractivity contribution in [3.8, 4) is 0 Å². The van der Waals surface area contributed by atoms with Crippen LogP contribution in [0.4, 0.5) is 0 Å². The van der Waals surface area contributed by atoms with E-state index < -0.39 is 6.04 Å². The molecule has 0 saturated heterocycles. The number of thioether (sulfide) groups is 1. The predicted octanol–water partition coefficient (Wildman–Crippen LogP) is 5.13. The number of benzene rings is 1. The number of aryl methyl sites for hydroxylation is 2. The highest BCUT2D eigenvalue weighted by Gasteiger charge is 2.41. The Bertz CT molecular complexity index is 1010. The molecular weight excluding hydrogens is 422 g/mol. The predicted molar refractivity (Wildman–Crippen MR) is 130 cm³/mol. The Morgan fingerprint density at radius 1 is 1.22 bits per heavy atom. The summed E-state index contributed by atoms with van der Waals surface area (Å²) in [7, 11) is 0. The standard InChI is InChI=1S/C25H33N3O3S/c1-8-17(6)26-21(29)12-19-13-32-25-27-18(7)22(24(30)31-14(2)3)23(28(19)25)20-10-9-15(4)11-16(20)5/h9-11,13-14,17,23H,8,12H2,1-7H3,(H,26,29)/t17-,23+/m0/s1. The number of rotatable bonds is 7. The van der Waals surface area contributed by atoms with Crippen molar-refractivity contribution >= 4 is 28.8 Å². The highest BCUT2D eigenvalue weighted by molar-refractivity contribution is 8.16. The minimum Gasteiger partial charge on any atom is -0.459 e. The lowest BCUT2D eigenvalue weighted by Gasteiger charge is -2.37. The molecule has 1 N–H and O–H groups in total. The molecule has 7 heteroatoms. The van der Waals surface area contributed by atoms with Crippen LogP contribution in [0.3, 0.4) is 0 Å². The van der Waals surface area contributed by atoms with E-state index in [1.54, 1.807) is 0 Å². The lowest BCUT2D eigenvalue weighted by Crippen LogP contribution is -2.39. The summed E-state index contributed by atoms with van der Waals surface area (Å²) in [5.41, 5.74) is 5.25. The zero-order valence-electron chi connectivity index (χ0n) is 20.0. The Hall–Kier alpha value is -2.54. The summed E-state index contributed by atoms with van der Waals surface area (Å²) in [5.74, 6) is -0.407. The van der Waals surface area contributed by atoms with Crippen molar-refractivity contribution in [2.75, 3.05) is 0 Å². The van der Waals surface area contributed by atoms with Crippen molar-refractivity contribution in [3.05, 3.63) is 57.3 Å². The molecule has 2 heterocycles. The van der Waals surface area contributed by atoms with Gasteiger partial charge in [-0.05, 0) is 64.5 Å². The SMILES string of the molecule is CC[C@H](C)NC(=O)CC1=CSC2=NC(C)=C(C(=O)OC(C)C)[C@@H](c3ccc(C)cc3C)N12. The second-order valence-corrected chi connectivity index (χ2v) is 9.60. The minimum atomic E-state index is -0.396. The van der Waals surface area contributed by atoms with Gasteiger partial charge in [-0.2, -0.15) is 0 Å². The minimum absolute atomic E-state index is 0.0376. The Morgan fingerprint density at radius 2 is 1.94 bits per heavy atom. The molecule has 6 nitrogen and oxygen atoms in total. The third-order valence-electron chi connectivity index (χ3n) is 5.64. The van der Waals surface area contributed by atoms with Gasteiger partial charge in [-0.25, -0.2) is 9.79 Å². The summed E-state index contributed by atoms with van der Waals surface area (Å²) in [4.78, 5) is 32.6. The van der Waals surface area contributed by atoms with Crippen molar-refractivity contribution in [1.82, 2.24) is 10.2 Å². The van der Waals surface area contributed by atoms with Gasteiger partial charge in [0.2, 0.25) is 5.91 Å². The fraction of sp³-hybridized carbons (Fsp3) is 0.480. The molecule has 1 amide bonds. The first-order valence-corrected chi connectivity index (χ1v) is 12.0. The zero-order valence-corrected chi connectivity index (χ0v) is 20.8. The molecule has 0 aliphatic carbocycles. The van der Waals surface area contributed by atoms with E-state index in [9.17, 15) is 9.59 Å². The van der Waals surface area contributed by atoms with Gasteiger partial charge < -0.3 is 15.0 Å². The van der Waals surface area contributed by atoms with E-state index in [2.05, 4.69) is 37.4 Å². The van der Waals surface area contributed by atoms with Gasteiger partial charge in [0.15, 0.2) is 5.17 Å². The van der Waals surface area contributed by atoms with E-state index in [4.69, 9.17) is 9.73 Å². The fourth-order valence-corrected chi connectivity index (χ4v) is 4.89. The number of nitrogens with zero attached hydrogens (tertiary/aromatic N) is 2. The van der Waals surface area contributed by atoms with Gasteiger partial charge in [0.05, 0.1) is 29.8 Å². The van der Waals surface area contributed by atoms with Crippen molar-refractivity contribution in [1.29, 1.82) is 0 Å². The molecule has 3 rings (SSSR count). The number of amides is 1. The fourth-order valence-electron chi connectivity index (χ4n) is 3.93. The summed E-state index contributed by atoms with van der Waals surface area (Å²) in [6, 6.07) is 5.95. The molecule has 0 bridgehead atoms. The first-order valence-electron chi connectivity index (χ1n) is 11.1. The van der Waals surface area contributed by atoms with Crippen molar-refractivity contribution < 1.29 is 14.3 Å². The molecule has 0 saturated carbocycles. The van der Waals surface area contributed by atoms with Crippen LogP contribution in [0.5, 0.6) is 0 Å². The number of hydrogen-bond donors (Lipinski definition) is 1. The first kappa shape index (κ1) is 24.1. The van der Waals surface area contributed by atoms with Gasteiger partial charge >= 0.3 is 5.97 Å². The third-order valence-corrected chi connectivity index (χ3v) is 6.53. The summed E-state index contributed by atoms with van der Waals surface area (Å²) >= 11 is 1.49. The Kier molecular flexibility index (Phi) is 7.49. The van der Waals surface area contributed by atoms with Crippen LogP contribution in [0, 0.1) is 13.8 Å². The maximum atomic E-state index is 13.2. The molecule has 2 aliphatic heterocycles. The average Bonchev–Trinajstić information content (AvgIpc) is 3.08. The van der Waals surface area contributed by atoms with Gasteiger partial charge in [-0.1, -0.05) is 42.4 Å². The third kappa shape index (κ3) is 5.09. The van der Waals surface area contributed by atoms with Crippen LogP contribution in [-0.2, 0) is 14.3 Å². The molecule has 0 unspecified atom stereocenters. The first-order chi connectivity index (χ1) is 15.1. The number of carbonyl (C=O) groups is 2. The summed E-state index contributed by atoms with van der Waals surface area (Å²) in [6.45, 7) is 13.7. The highest BCUT2D eigenvalue weighted by Crippen LogP contribution is 2.45. The van der Waals surface area contributed by atoms with Crippen LogP contribution >= 0.6 is 11.8 Å². The molecule has 2 atom stereocenters. The molecule has 32 heavy (non-hydrogen) atoms. The summed E-state index contributed by atoms with van der Waals surface area (Å²) < 4.78 is 5.61. The Labute approximate surface area is 195 Å². The smallest absolute Gasteiger partial charge is 0.338 e. The highest BCUT2D eigenvalue weighted by atomic mass is 32.2. The quantitative estimate of drug-likeness (QED) is 0.577. The van der Waals surface area contributed by atoms with Gasteiger partial charge in [0.25, 0.3) is 0 Å². The van der Waals surface area contributed by atoms with Crippen LogP contribution in [0.1, 0.15) is 70.2 Å². The molecule has 0 spiro atoms. The molecule has 2 aliphatic rings. The topological polar surface area (TPSA) is 71.0 Å². The maximum absolute atomic E-state index is 13.2. The molecule has 0 fully saturated rings. The summed E-state index contributed by atoms with van der Waals surface area (Å²) in [6.07, 6.45) is 0.856. The second-order valence-electron chi connectivity index (χ2n) is 8.76. The Balaban J connectivity index is 2.05. The van der Waals surface area contributed by atoms with E-state index >= 15 is 0 Å². The van der Waals surface area contributed by atoms with Crippen molar-refractivity contribution in [3.63, 3.8) is 0 Å². The van der Waals surface area contributed by atoms with E-state index in [0.29, 0.717) is 11.3 Å². The zero-order chi connectivity index (χ0) is 23.6. The second kappa shape index (κ2) is 9.94. The lowest BCUT2D eigenvalue weighted by atomic mass is 9.90. The number of nitrogens with one attached hydrogen (secondary N) is 1. The van der Waals surface area contributed by atoms with Crippen molar-refractivity contribution in [2.45, 2.75) is 79.5 Å². The number of allylic oxidation sites excluding steroid dienone is 1. The normalized spacial score (nSPS) is 18.9. The van der Waals surface area contributed by atoms with Crippen molar-refractivity contribution in [2.24, 2.45) is 4.99 Å². The molecule has 0 aromatic heterocycles. The number of ether oxygens (including phenoxy) is 1. The van der Waals surface area contributed by atoms with E-state index in [1.165, 1.54) is 11.8 Å². The number of aliphatic imine (C=N–C) groups is 1. The molecule has 0 radical (unpaired) electrons. The van der Waals surface area contributed by atoms with Crippen LogP contribution in [-0.4, -0.2) is 34.1 Å². The number of hydrogen-bond acceptors (Lipinski definition) is 6. The van der Waals surface area contributed by atoms with E-state index in [0.717, 1.165) is 34.0 Å². The van der Waals surface area contributed by atoms with Crippen LogP contribution in [0.25, 0.3) is 0 Å². The molecule has 1 aromatic carbocycles. The van der Waals surface area contributed by atoms with Gasteiger partial charge in [-0.15, -0.1) is 0 Å². The molecule has 172 valence electrons. The number of fused-ring (bicyclic) bond motifs is 1. The maximum Gasteiger partial charge on any atom is 0.338 e. The molecule has 1 aromatic rings. The molecular formula is C25H33N3O3S.